The minimum atomic E-state index is -3.71. The molecule has 0 unspecified atom stereocenters. The van der Waals surface area contributed by atoms with Crippen molar-refractivity contribution in [2.45, 2.75) is 55.6 Å². The Morgan fingerprint density at radius 2 is 1.97 bits per heavy atom. The molecule has 3 rings (SSSR count). The van der Waals surface area contributed by atoms with Crippen LogP contribution in [0.2, 0.25) is 0 Å². The molecule has 1 heterocycles. The van der Waals surface area contributed by atoms with Crippen LogP contribution in [0.4, 0.5) is 5.69 Å². The third-order valence-corrected chi connectivity index (χ3v) is 8.37. The number of hydrogen-bond donors (Lipinski definition) is 1. The summed E-state index contributed by atoms with van der Waals surface area (Å²) in [5.74, 6) is 0.190. The van der Waals surface area contributed by atoms with Crippen molar-refractivity contribution in [3.05, 3.63) is 29.6 Å². The monoisotopic (exact) mass is 466 g/mol. The largest absolute Gasteiger partial charge is 0.495 e. The first kappa shape index (κ1) is 23.6. The molecule has 170 valence electrons. The van der Waals surface area contributed by atoms with Gasteiger partial charge in [-0.1, -0.05) is 24.6 Å². The van der Waals surface area contributed by atoms with E-state index < -0.39 is 10.0 Å². The molecule has 1 amide bonds. The lowest BCUT2D eigenvalue weighted by Crippen LogP contribution is -2.23. The van der Waals surface area contributed by atoms with Gasteiger partial charge in [0.1, 0.15) is 10.6 Å². The first-order valence-electron chi connectivity index (χ1n) is 10.2. The van der Waals surface area contributed by atoms with Gasteiger partial charge in [-0.25, -0.2) is 17.7 Å². The zero-order valence-corrected chi connectivity index (χ0v) is 20.3. The van der Waals surface area contributed by atoms with Crippen LogP contribution in [-0.4, -0.2) is 55.1 Å². The van der Waals surface area contributed by atoms with Crippen molar-refractivity contribution in [3.8, 4) is 5.75 Å². The van der Waals surface area contributed by atoms with Crippen molar-refractivity contribution in [1.29, 1.82) is 0 Å². The Bertz CT molecular complexity index is 1060. The van der Waals surface area contributed by atoms with Gasteiger partial charge < -0.3 is 14.6 Å². The molecule has 0 spiro atoms. The molecule has 0 atom stereocenters. The number of imidazole rings is 1. The highest BCUT2D eigenvalue weighted by molar-refractivity contribution is 7.99. The van der Waals surface area contributed by atoms with E-state index in [0.29, 0.717) is 11.7 Å². The van der Waals surface area contributed by atoms with E-state index in [1.54, 1.807) is 12.1 Å². The van der Waals surface area contributed by atoms with Crippen LogP contribution in [0, 0.1) is 13.8 Å². The van der Waals surface area contributed by atoms with E-state index in [9.17, 15) is 13.2 Å². The Morgan fingerprint density at radius 3 is 2.58 bits per heavy atom. The van der Waals surface area contributed by atoms with Crippen LogP contribution in [0.3, 0.4) is 0 Å². The summed E-state index contributed by atoms with van der Waals surface area (Å²) in [6, 6.07) is 5.04. The molecule has 1 saturated carbocycles. The average molecular weight is 467 g/mol. The third-order valence-electron chi connectivity index (χ3n) is 5.58. The van der Waals surface area contributed by atoms with Crippen molar-refractivity contribution in [1.82, 2.24) is 13.9 Å². The van der Waals surface area contributed by atoms with Crippen LogP contribution < -0.4 is 10.1 Å². The maximum absolute atomic E-state index is 12.6. The summed E-state index contributed by atoms with van der Waals surface area (Å²) in [5, 5.41) is 3.65. The van der Waals surface area contributed by atoms with Crippen molar-refractivity contribution in [2.75, 3.05) is 32.3 Å². The lowest BCUT2D eigenvalue weighted by atomic mass is 10.2. The third kappa shape index (κ3) is 5.07. The van der Waals surface area contributed by atoms with Crippen LogP contribution in [0.25, 0.3) is 0 Å². The zero-order chi connectivity index (χ0) is 22.8. The fourth-order valence-electron chi connectivity index (χ4n) is 3.77. The first-order chi connectivity index (χ1) is 14.6. The molecule has 1 fully saturated rings. The Morgan fingerprint density at radius 1 is 1.29 bits per heavy atom. The quantitative estimate of drug-likeness (QED) is 0.598. The second-order valence-electron chi connectivity index (χ2n) is 7.86. The minimum Gasteiger partial charge on any atom is -0.495 e. The smallest absolute Gasteiger partial charge is 0.246 e. The number of anilines is 1. The van der Waals surface area contributed by atoms with Crippen LogP contribution >= 0.6 is 11.8 Å². The molecule has 31 heavy (non-hydrogen) atoms. The van der Waals surface area contributed by atoms with Crippen LogP contribution in [0.1, 0.15) is 43.1 Å². The van der Waals surface area contributed by atoms with Gasteiger partial charge in [0, 0.05) is 31.5 Å². The van der Waals surface area contributed by atoms with Crippen molar-refractivity contribution in [3.63, 3.8) is 0 Å². The first-order valence-corrected chi connectivity index (χ1v) is 12.7. The molecule has 1 aliphatic rings. The van der Waals surface area contributed by atoms with E-state index in [2.05, 4.69) is 21.8 Å². The van der Waals surface area contributed by atoms with Crippen molar-refractivity contribution in [2.24, 2.45) is 0 Å². The van der Waals surface area contributed by atoms with Gasteiger partial charge in [-0.05, 0) is 44.9 Å². The molecule has 0 aliphatic heterocycles. The predicted molar refractivity (Wildman–Crippen MR) is 122 cm³/mol. The van der Waals surface area contributed by atoms with Gasteiger partial charge >= 0.3 is 0 Å². The second-order valence-corrected chi connectivity index (χ2v) is 10.9. The van der Waals surface area contributed by atoms with E-state index >= 15 is 0 Å². The number of hydrogen-bond acceptors (Lipinski definition) is 6. The number of nitrogens with one attached hydrogen (secondary N) is 1. The number of ether oxygens (including phenoxy) is 1. The molecule has 10 heteroatoms. The fraction of sp³-hybridized carbons (Fsp3) is 0.524. The van der Waals surface area contributed by atoms with Crippen molar-refractivity contribution < 1.29 is 17.9 Å². The van der Waals surface area contributed by atoms with Gasteiger partial charge in [-0.2, -0.15) is 0 Å². The maximum Gasteiger partial charge on any atom is 0.246 e. The van der Waals surface area contributed by atoms with Gasteiger partial charge in [0.25, 0.3) is 0 Å². The van der Waals surface area contributed by atoms with E-state index in [-0.39, 0.29) is 22.3 Å². The van der Waals surface area contributed by atoms with Crippen LogP contribution in [0.5, 0.6) is 5.75 Å². The van der Waals surface area contributed by atoms with Gasteiger partial charge in [0.2, 0.25) is 15.9 Å². The molecule has 0 saturated heterocycles. The van der Waals surface area contributed by atoms with Crippen LogP contribution in [-0.2, 0) is 14.8 Å². The molecule has 8 nitrogen and oxygen atoms in total. The highest BCUT2D eigenvalue weighted by Crippen LogP contribution is 2.35. The number of carbonyl (C=O) groups excluding carboxylic acids is 1. The van der Waals surface area contributed by atoms with Gasteiger partial charge in [0.05, 0.1) is 18.6 Å². The SMILES string of the molecule is COc1ccc(NC(=O)CSc2nc(C)c(C)n2C2CCCC2)cc1S(=O)(=O)N(C)C. The number of aryl methyl sites for hydroxylation is 1. The summed E-state index contributed by atoms with van der Waals surface area (Å²) in [7, 11) is 0.603. The summed E-state index contributed by atoms with van der Waals surface area (Å²) in [6.45, 7) is 4.07. The van der Waals surface area contributed by atoms with E-state index in [4.69, 9.17) is 4.74 Å². The molecule has 0 radical (unpaired) electrons. The topological polar surface area (TPSA) is 93.5 Å². The molecule has 1 aliphatic carbocycles. The summed E-state index contributed by atoms with van der Waals surface area (Å²) < 4.78 is 33.7. The van der Waals surface area contributed by atoms with E-state index in [1.807, 2.05) is 6.92 Å². The second kappa shape index (κ2) is 9.62. The molecule has 0 bridgehead atoms. The summed E-state index contributed by atoms with van der Waals surface area (Å²) in [6.07, 6.45) is 4.74. The number of rotatable bonds is 8. The summed E-state index contributed by atoms with van der Waals surface area (Å²) in [5.41, 5.74) is 2.55. The number of thioether (sulfide) groups is 1. The van der Waals surface area contributed by atoms with E-state index in [1.165, 1.54) is 51.9 Å². The Balaban J connectivity index is 1.73. The maximum atomic E-state index is 12.6. The Labute approximate surface area is 188 Å². The zero-order valence-electron chi connectivity index (χ0n) is 18.6. The highest BCUT2D eigenvalue weighted by atomic mass is 32.2. The summed E-state index contributed by atoms with van der Waals surface area (Å²) in [4.78, 5) is 17.3. The van der Waals surface area contributed by atoms with Crippen LogP contribution in [0.15, 0.2) is 28.3 Å². The molecule has 1 aromatic heterocycles. The lowest BCUT2D eigenvalue weighted by molar-refractivity contribution is -0.113. The predicted octanol–water partition coefficient (Wildman–Crippen LogP) is 3.60. The van der Waals surface area contributed by atoms with Gasteiger partial charge in [-0.15, -0.1) is 0 Å². The van der Waals surface area contributed by atoms with Crippen molar-refractivity contribution >= 4 is 33.4 Å². The molecule has 1 aromatic carbocycles. The molecular weight excluding hydrogens is 436 g/mol. The Hall–Kier alpha value is -2.04. The minimum absolute atomic E-state index is 0.00785. The molecular formula is C21H30N4O4S2. The number of amides is 1. The average Bonchev–Trinajstić information content (AvgIpc) is 3.34. The number of nitrogens with zero attached hydrogens (tertiary/aromatic N) is 3. The number of benzene rings is 1. The van der Waals surface area contributed by atoms with Gasteiger partial charge in [0.15, 0.2) is 5.16 Å². The standard InChI is InChI=1S/C21H30N4O4S2/c1-14-15(2)25(17-8-6-7-9-17)21(22-14)30-13-20(26)23-16-10-11-18(29-5)19(12-16)31(27,28)24(3)4/h10-12,17H,6-9,13H2,1-5H3,(H,23,26). The number of aromatic nitrogens is 2. The Kier molecular flexibility index (Phi) is 7.33. The van der Waals surface area contributed by atoms with E-state index in [0.717, 1.165) is 33.7 Å². The number of sulfonamides is 1. The molecule has 2 aromatic rings. The number of methoxy groups -OCH3 is 1. The fourth-order valence-corrected chi connectivity index (χ4v) is 5.80. The molecule has 1 N–H and O–H groups in total. The highest BCUT2D eigenvalue weighted by Gasteiger charge is 2.25. The lowest BCUT2D eigenvalue weighted by Gasteiger charge is -2.17. The summed E-state index contributed by atoms with van der Waals surface area (Å²) >= 11 is 1.41. The normalized spacial score (nSPS) is 14.9. The number of carbonyl (C=O) groups is 1. The van der Waals surface area contributed by atoms with Gasteiger partial charge in [-0.3, -0.25) is 4.79 Å².